The quantitative estimate of drug-likeness (QED) is 0.795. The monoisotopic (exact) mass is 382 g/mol. The highest BCUT2D eigenvalue weighted by atomic mass is 16.5. The Hall–Kier alpha value is -2.53. The molecule has 1 fully saturated rings. The molecular weight excluding hydrogens is 352 g/mol. The highest BCUT2D eigenvalue weighted by Gasteiger charge is 2.19. The van der Waals surface area contributed by atoms with Gasteiger partial charge in [-0.25, -0.2) is 0 Å². The number of nitrogens with zero attached hydrogens (tertiary/aromatic N) is 1. The van der Waals surface area contributed by atoms with E-state index in [0.717, 1.165) is 48.7 Å². The standard InChI is InChI=1S/C23H30N2O3/c1-4-21(28-22-7-5-6-17(2)18(22)3)23(26)24-16-19-8-10-20(11-9-19)25-12-14-27-15-13-25/h5-11,21H,4,12-16H2,1-3H3,(H,24,26)/t21-/m0/s1. The summed E-state index contributed by atoms with van der Waals surface area (Å²) >= 11 is 0. The summed E-state index contributed by atoms with van der Waals surface area (Å²) in [4.78, 5) is 14.9. The molecule has 0 bridgehead atoms. The molecule has 0 spiro atoms. The zero-order valence-electron chi connectivity index (χ0n) is 17.0. The number of benzene rings is 2. The predicted octanol–water partition coefficient (Wildman–Crippen LogP) is 3.61. The van der Waals surface area contributed by atoms with E-state index >= 15 is 0 Å². The van der Waals surface area contributed by atoms with Crippen molar-refractivity contribution in [2.75, 3.05) is 31.2 Å². The molecule has 2 aromatic carbocycles. The molecule has 5 nitrogen and oxygen atoms in total. The molecule has 3 rings (SSSR count). The minimum absolute atomic E-state index is 0.0827. The third-order valence-electron chi connectivity index (χ3n) is 5.27. The summed E-state index contributed by atoms with van der Waals surface area (Å²) in [6.07, 6.45) is 0.128. The van der Waals surface area contributed by atoms with E-state index in [0.29, 0.717) is 13.0 Å². The SMILES string of the molecule is CC[C@H](Oc1cccc(C)c1C)C(=O)NCc1ccc(N2CCOCC2)cc1. The number of aryl methyl sites for hydroxylation is 1. The fraction of sp³-hybridized carbons (Fsp3) is 0.435. The van der Waals surface area contributed by atoms with Gasteiger partial charge in [0.2, 0.25) is 0 Å². The number of anilines is 1. The summed E-state index contributed by atoms with van der Waals surface area (Å²) in [5, 5.41) is 3.01. The molecule has 0 aromatic heterocycles. The fourth-order valence-corrected chi connectivity index (χ4v) is 3.28. The van der Waals surface area contributed by atoms with Crippen LogP contribution in [0.25, 0.3) is 0 Å². The third kappa shape index (κ3) is 5.04. The smallest absolute Gasteiger partial charge is 0.261 e. The Morgan fingerprint density at radius 1 is 1.14 bits per heavy atom. The average Bonchev–Trinajstić information content (AvgIpc) is 2.74. The van der Waals surface area contributed by atoms with Crippen molar-refractivity contribution in [1.82, 2.24) is 5.32 Å². The second-order valence-electron chi connectivity index (χ2n) is 7.20. The Morgan fingerprint density at radius 2 is 1.86 bits per heavy atom. The van der Waals surface area contributed by atoms with Gasteiger partial charge in [0.05, 0.1) is 13.2 Å². The van der Waals surface area contributed by atoms with E-state index < -0.39 is 6.10 Å². The molecule has 150 valence electrons. The average molecular weight is 383 g/mol. The number of amides is 1. The van der Waals surface area contributed by atoms with Crippen LogP contribution >= 0.6 is 0 Å². The van der Waals surface area contributed by atoms with Crippen LogP contribution < -0.4 is 15.0 Å². The van der Waals surface area contributed by atoms with Crippen molar-refractivity contribution in [2.45, 2.75) is 39.8 Å². The van der Waals surface area contributed by atoms with E-state index in [1.807, 2.05) is 39.0 Å². The van der Waals surface area contributed by atoms with Crippen molar-refractivity contribution >= 4 is 11.6 Å². The van der Waals surface area contributed by atoms with Crippen molar-refractivity contribution in [3.05, 3.63) is 59.2 Å². The molecular formula is C23H30N2O3. The normalized spacial score (nSPS) is 15.2. The van der Waals surface area contributed by atoms with Gasteiger partial charge in [-0.3, -0.25) is 4.79 Å². The summed E-state index contributed by atoms with van der Waals surface area (Å²) in [5.41, 5.74) is 4.51. The molecule has 1 N–H and O–H groups in total. The Morgan fingerprint density at radius 3 is 2.54 bits per heavy atom. The van der Waals surface area contributed by atoms with Gasteiger partial charge >= 0.3 is 0 Å². The highest BCUT2D eigenvalue weighted by Crippen LogP contribution is 2.22. The molecule has 1 amide bonds. The van der Waals surface area contributed by atoms with Gasteiger partial charge in [-0.2, -0.15) is 0 Å². The molecule has 1 aliphatic rings. The number of rotatable bonds is 7. The van der Waals surface area contributed by atoms with Gasteiger partial charge < -0.3 is 19.7 Å². The Bertz CT molecular complexity index is 783. The number of nitrogens with one attached hydrogen (secondary N) is 1. The lowest BCUT2D eigenvalue weighted by atomic mass is 10.1. The summed E-state index contributed by atoms with van der Waals surface area (Å²) in [6.45, 7) is 9.91. The van der Waals surface area contributed by atoms with Gasteiger partial charge in [0.25, 0.3) is 5.91 Å². The van der Waals surface area contributed by atoms with Gasteiger partial charge in [-0.1, -0.05) is 31.2 Å². The first-order valence-electron chi connectivity index (χ1n) is 10.0. The zero-order valence-corrected chi connectivity index (χ0v) is 17.0. The fourth-order valence-electron chi connectivity index (χ4n) is 3.28. The minimum Gasteiger partial charge on any atom is -0.480 e. The van der Waals surface area contributed by atoms with Crippen LogP contribution in [-0.2, 0) is 16.1 Å². The molecule has 5 heteroatoms. The van der Waals surface area contributed by atoms with E-state index in [2.05, 4.69) is 34.5 Å². The maximum atomic E-state index is 12.6. The number of carbonyl (C=O) groups is 1. The lowest BCUT2D eigenvalue weighted by Gasteiger charge is -2.29. The number of hydrogen-bond acceptors (Lipinski definition) is 4. The molecule has 0 aliphatic carbocycles. The van der Waals surface area contributed by atoms with Crippen molar-refractivity contribution < 1.29 is 14.3 Å². The minimum atomic E-state index is -0.492. The zero-order chi connectivity index (χ0) is 19.9. The van der Waals surface area contributed by atoms with Gasteiger partial charge in [-0.05, 0) is 55.2 Å². The van der Waals surface area contributed by atoms with Gasteiger partial charge in [0, 0.05) is 25.3 Å². The molecule has 1 saturated heterocycles. The van der Waals surface area contributed by atoms with Crippen LogP contribution in [0.1, 0.15) is 30.0 Å². The molecule has 0 radical (unpaired) electrons. The van der Waals surface area contributed by atoms with Crippen molar-refractivity contribution in [3.63, 3.8) is 0 Å². The second-order valence-corrected chi connectivity index (χ2v) is 7.20. The molecule has 0 unspecified atom stereocenters. The summed E-state index contributed by atoms with van der Waals surface area (Å²) in [7, 11) is 0. The van der Waals surface area contributed by atoms with Gasteiger partial charge in [0.1, 0.15) is 5.75 Å². The van der Waals surface area contributed by atoms with Crippen LogP contribution in [0.3, 0.4) is 0 Å². The first-order valence-corrected chi connectivity index (χ1v) is 10.0. The molecule has 1 atom stereocenters. The Balaban J connectivity index is 1.55. The second kappa shape index (κ2) is 9.60. The maximum Gasteiger partial charge on any atom is 0.261 e. The first-order chi connectivity index (χ1) is 13.6. The van der Waals surface area contributed by atoms with E-state index in [4.69, 9.17) is 9.47 Å². The molecule has 1 aliphatic heterocycles. The Labute approximate surface area is 167 Å². The molecule has 2 aromatic rings. The van der Waals surface area contributed by atoms with Crippen LogP contribution in [0.2, 0.25) is 0 Å². The van der Waals surface area contributed by atoms with E-state index in [9.17, 15) is 4.79 Å². The van der Waals surface area contributed by atoms with Crippen LogP contribution in [-0.4, -0.2) is 38.3 Å². The van der Waals surface area contributed by atoms with Gasteiger partial charge in [0.15, 0.2) is 6.10 Å². The van der Waals surface area contributed by atoms with Crippen molar-refractivity contribution in [3.8, 4) is 5.75 Å². The lowest BCUT2D eigenvalue weighted by Crippen LogP contribution is -2.37. The van der Waals surface area contributed by atoms with Crippen LogP contribution in [0.4, 0.5) is 5.69 Å². The number of hydrogen-bond donors (Lipinski definition) is 1. The highest BCUT2D eigenvalue weighted by molar-refractivity contribution is 5.81. The van der Waals surface area contributed by atoms with E-state index in [1.165, 1.54) is 5.69 Å². The third-order valence-corrected chi connectivity index (χ3v) is 5.27. The number of ether oxygens (including phenoxy) is 2. The van der Waals surface area contributed by atoms with Crippen molar-refractivity contribution in [1.29, 1.82) is 0 Å². The maximum absolute atomic E-state index is 12.6. The van der Waals surface area contributed by atoms with Crippen LogP contribution in [0, 0.1) is 13.8 Å². The lowest BCUT2D eigenvalue weighted by molar-refractivity contribution is -0.128. The van der Waals surface area contributed by atoms with E-state index in [1.54, 1.807) is 0 Å². The summed E-state index contributed by atoms with van der Waals surface area (Å²) in [6, 6.07) is 14.3. The predicted molar refractivity (Wildman–Crippen MR) is 112 cm³/mol. The number of morpholine rings is 1. The first kappa shape index (κ1) is 20.2. The summed E-state index contributed by atoms with van der Waals surface area (Å²) < 4.78 is 11.4. The summed E-state index contributed by atoms with van der Waals surface area (Å²) in [5.74, 6) is 0.692. The van der Waals surface area contributed by atoms with Crippen molar-refractivity contribution in [2.24, 2.45) is 0 Å². The Kier molecular flexibility index (Phi) is 6.93. The van der Waals surface area contributed by atoms with E-state index in [-0.39, 0.29) is 5.91 Å². The van der Waals surface area contributed by atoms with Gasteiger partial charge in [-0.15, -0.1) is 0 Å². The topological polar surface area (TPSA) is 50.8 Å². The van der Waals surface area contributed by atoms with Crippen LogP contribution in [0.5, 0.6) is 5.75 Å². The number of carbonyl (C=O) groups excluding carboxylic acids is 1. The molecule has 1 heterocycles. The molecule has 0 saturated carbocycles. The molecule has 28 heavy (non-hydrogen) atoms. The van der Waals surface area contributed by atoms with Crippen LogP contribution in [0.15, 0.2) is 42.5 Å². The largest absolute Gasteiger partial charge is 0.480 e.